The Morgan fingerprint density at radius 2 is 1.11 bits per heavy atom. The lowest BCUT2D eigenvalue weighted by atomic mass is 9.96. The molecule has 198 valence electrons. The third-order valence-electron chi connectivity index (χ3n) is 6.78. The standard InChI is InChI=1S/C24H31ClN2O6S3/c25-23-15-14-21(17-24(23)36(32,33)27-19-10-5-2-6-11-19)34(28,29)20-12-7-13-22(16-20)35(30,31)26-18-8-3-1-4-9-18/h7,12-19,26-27H,1-6,8-11H2. The zero-order valence-electron chi connectivity index (χ0n) is 19.8. The lowest BCUT2D eigenvalue weighted by molar-refractivity contribution is 0.412. The molecule has 2 aromatic carbocycles. The van der Waals surface area contributed by atoms with E-state index in [4.69, 9.17) is 11.6 Å². The molecule has 8 nitrogen and oxygen atoms in total. The molecule has 0 spiro atoms. The van der Waals surface area contributed by atoms with Crippen LogP contribution in [0, 0.1) is 0 Å². The molecule has 0 bridgehead atoms. The number of rotatable bonds is 8. The van der Waals surface area contributed by atoms with Gasteiger partial charge in [0.1, 0.15) is 4.90 Å². The summed E-state index contributed by atoms with van der Waals surface area (Å²) in [5.74, 6) is 0. The minimum absolute atomic E-state index is 0.0923. The first-order valence-corrected chi connectivity index (χ1v) is 17.0. The maximum Gasteiger partial charge on any atom is 0.242 e. The Morgan fingerprint density at radius 1 is 0.611 bits per heavy atom. The van der Waals surface area contributed by atoms with E-state index in [1.54, 1.807) is 0 Å². The lowest BCUT2D eigenvalue weighted by Crippen LogP contribution is -2.36. The van der Waals surface area contributed by atoms with Gasteiger partial charge < -0.3 is 0 Å². The molecule has 4 rings (SSSR count). The summed E-state index contributed by atoms with van der Waals surface area (Å²) in [6.45, 7) is 0. The molecule has 0 aliphatic heterocycles. The Morgan fingerprint density at radius 3 is 1.69 bits per heavy atom. The monoisotopic (exact) mass is 574 g/mol. The van der Waals surface area contributed by atoms with Gasteiger partial charge in [0.25, 0.3) is 0 Å². The van der Waals surface area contributed by atoms with Crippen LogP contribution >= 0.6 is 11.6 Å². The van der Waals surface area contributed by atoms with Gasteiger partial charge in [-0.1, -0.05) is 56.2 Å². The van der Waals surface area contributed by atoms with E-state index in [0.29, 0.717) is 12.8 Å². The van der Waals surface area contributed by atoms with Gasteiger partial charge in [0, 0.05) is 12.1 Å². The van der Waals surface area contributed by atoms with Gasteiger partial charge in [-0.25, -0.2) is 34.7 Å². The minimum Gasteiger partial charge on any atom is -0.219 e. The molecule has 36 heavy (non-hydrogen) atoms. The van der Waals surface area contributed by atoms with Crippen LogP contribution in [0.5, 0.6) is 0 Å². The van der Waals surface area contributed by atoms with Crippen LogP contribution in [0.1, 0.15) is 64.2 Å². The predicted molar refractivity (Wildman–Crippen MR) is 138 cm³/mol. The van der Waals surface area contributed by atoms with E-state index in [1.165, 1.54) is 30.3 Å². The van der Waals surface area contributed by atoms with Gasteiger partial charge in [0.2, 0.25) is 29.9 Å². The van der Waals surface area contributed by atoms with Gasteiger partial charge in [-0.2, -0.15) is 0 Å². The summed E-state index contributed by atoms with van der Waals surface area (Å²) < 4.78 is 84.1. The van der Waals surface area contributed by atoms with Gasteiger partial charge in [0.05, 0.1) is 19.7 Å². The van der Waals surface area contributed by atoms with Crippen LogP contribution in [0.15, 0.2) is 62.0 Å². The van der Waals surface area contributed by atoms with Gasteiger partial charge >= 0.3 is 0 Å². The van der Waals surface area contributed by atoms with Crippen LogP contribution in [-0.4, -0.2) is 37.3 Å². The summed E-state index contributed by atoms with van der Waals surface area (Å²) in [7, 11) is -12.2. The second-order valence-corrected chi connectivity index (χ2v) is 15.2. The first-order chi connectivity index (χ1) is 17.0. The third-order valence-corrected chi connectivity index (χ3v) is 12.1. The van der Waals surface area contributed by atoms with Gasteiger partial charge in [-0.15, -0.1) is 0 Å². The quantitative estimate of drug-likeness (QED) is 0.481. The van der Waals surface area contributed by atoms with Crippen LogP contribution in [0.2, 0.25) is 5.02 Å². The van der Waals surface area contributed by atoms with E-state index in [0.717, 1.165) is 63.5 Å². The number of hydrogen-bond donors (Lipinski definition) is 2. The van der Waals surface area contributed by atoms with Crippen LogP contribution in [0.25, 0.3) is 0 Å². The lowest BCUT2D eigenvalue weighted by Gasteiger charge is -2.23. The normalized spacial score (nSPS) is 18.8. The van der Waals surface area contributed by atoms with Crippen molar-refractivity contribution >= 4 is 41.5 Å². The summed E-state index contributed by atoms with van der Waals surface area (Å²) in [4.78, 5) is -1.01. The molecule has 2 N–H and O–H groups in total. The predicted octanol–water partition coefficient (Wildman–Crippen LogP) is 4.39. The zero-order chi connectivity index (χ0) is 26.0. The highest BCUT2D eigenvalue weighted by atomic mass is 35.5. The molecule has 2 aliphatic rings. The Kier molecular flexibility index (Phi) is 8.48. The second-order valence-electron chi connectivity index (χ2n) is 9.48. The number of hydrogen-bond acceptors (Lipinski definition) is 6. The first-order valence-electron chi connectivity index (χ1n) is 12.2. The zero-order valence-corrected chi connectivity index (χ0v) is 23.0. The van der Waals surface area contributed by atoms with E-state index in [1.807, 2.05) is 0 Å². The number of benzene rings is 2. The topological polar surface area (TPSA) is 126 Å². The largest absolute Gasteiger partial charge is 0.242 e. The van der Waals surface area contributed by atoms with Crippen LogP contribution < -0.4 is 9.44 Å². The molecule has 0 saturated heterocycles. The maximum atomic E-state index is 13.4. The fraction of sp³-hybridized carbons (Fsp3) is 0.500. The average molecular weight is 575 g/mol. The highest BCUT2D eigenvalue weighted by Gasteiger charge is 2.28. The summed E-state index contributed by atoms with van der Waals surface area (Å²) in [6, 6.07) is 8.18. The second kappa shape index (κ2) is 11.1. The maximum absolute atomic E-state index is 13.4. The van der Waals surface area contributed by atoms with Crippen molar-refractivity contribution < 1.29 is 25.3 Å². The molecule has 12 heteroatoms. The number of sulfone groups is 1. The van der Waals surface area contributed by atoms with E-state index in [-0.39, 0.29) is 36.7 Å². The Bertz CT molecular complexity index is 1410. The molecule has 2 aromatic rings. The smallest absolute Gasteiger partial charge is 0.219 e. The number of sulfonamides is 2. The van der Waals surface area contributed by atoms with E-state index in [2.05, 4.69) is 9.44 Å². The Balaban J connectivity index is 1.63. The minimum atomic E-state index is -4.23. The summed E-state index contributed by atoms with van der Waals surface area (Å²) in [5.41, 5.74) is 0. The third kappa shape index (κ3) is 6.31. The molecule has 2 saturated carbocycles. The van der Waals surface area contributed by atoms with Crippen molar-refractivity contribution in [2.75, 3.05) is 0 Å². The van der Waals surface area contributed by atoms with Crippen molar-refractivity contribution in [3.05, 3.63) is 47.5 Å². The van der Waals surface area contributed by atoms with Gasteiger partial charge in [-0.05, 0) is 62.1 Å². The molecular formula is C24H31ClN2O6S3. The van der Waals surface area contributed by atoms with Crippen molar-refractivity contribution in [1.29, 1.82) is 0 Å². The summed E-state index contributed by atoms with van der Waals surface area (Å²) in [5, 5.41) is -0.0923. The van der Waals surface area contributed by atoms with Crippen molar-refractivity contribution in [2.45, 2.75) is 95.9 Å². The molecule has 0 atom stereocenters. The highest BCUT2D eigenvalue weighted by Crippen LogP contribution is 2.30. The fourth-order valence-corrected chi connectivity index (χ4v) is 9.48. The summed E-state index contributed by atoms with van der Waals surface area (Å²) in [6.07, 6.45) is 8.77. The fourth-order valence-electron chi connectivity index (χ4n) is 4.81. The molecule has 2 aliphatic carbocycles. The molecule has 0 aromatic heterocycles. The van der Waals surface area contributed by atoms with Crippen LogP contribution in [0.4, 0.5) is 0 Å². The molecule has 0 heterocycles. The molecule has 2 fully saturated rings. The van der Waals surface area contributed by atoms with E-state index < -0.39 is 29.9 Å². The van der Waals surface area contributed by atoms with Crippen molar-refractivity contribution in [3.8, 4) is 0 Å². The van der Waals surface area contributed by atoms with E-state index >= 15 is 0 Å². The van der Waals surface area contributed by atoms with Crippen LogP contribution in [-0.2, 0) is 29.9 Å². The van der Waals surface area contributed by atoms with E-state index in [9.17, 15) is 25.3 Å². The average Bonchev–Trinajstić information content (AvgIpc) is 2.85. The van der Waals surface area contributed by atoms with Crippen LogP contribution in [0.3, 0.4) is 0 Å². The summed E-state index contributed by atoms with van der Waals surface area (Å²) >= 11 is 6.17. The molecule has 0 amide bonds. The Labute approximate surface area is 218 Å². The highest BCUT2D eigenvalue weighted by molar-refractivity contribution is 7.92. The van der Waals surface area contributed by atoms with Crippen molar-refractivity contribution in [2.24, 2.45) is 0 Å². The van der Waals surface area contributed by atoms with Gasteiger partial charge in [-0.3, -0.25) is 0 Å². The molecule has 0 unspecified atom stereocenters. The van der Waals surface area contributed by atoms with Crippen molar-refractivity contribution in [3.63, 3.8) is 0 Å². The Hall–Kier alpha value is -1.50. The first kappa shape index (κ1) is 27.5. The van der Waals surface area contributed by atoms with Gasteiger partial charge in [0.15, 0.2) is 0 Å². The van der Waals surface area contributed by atoms with Crippen molar-refractivity contribution in [1.82, 2.24) is 9.44 Å². The molecule has 0 radical (unpaired) electrons. The number of nitrogens with one attached hydrogen (secondary N) is 2. The number of halogens is 1. The molecular weight excluding hydrogens is 544 g/mol. The SMILES string of the molecule is O=S(=O)(NC1CCCCC1)c1cccc(S(=O)(=O)c2ccc(Cl)c(S(=O)(=O)NC3CCCCC3)c2)c1.